The molecule has 1 atom stereocenters. The zero-order valence-electron chi connectivity index (χ0n) is 8.79. The number of nitrogens with one attached hydrogen (secondary N) is 1. The quantitative estimate of drug-likeness (QED) is 0.757. The van der Waals surface area contributed by atoms with E-state index >= 15 is 0 Å². The van der Waals surface area contributed by atoms with Crippen LogP contribution in [0, 0.1) is 5.92 Å². The maximum absolute atomic E-state index is 3.55. The van der Waals surface area contributed by atoms with Crippen molar-refractivity contribution in [3.05, 3.63) is 24.3 Å². The standard InChI is InChI=1S/C12H17NS/c1-9(10-3-4-10)13-11-5-7-12(14-2)8-6-11/h5-10,13H,3-4H2,1-2H3. The van der Waals surface area contributed by atoms with Crippen LogP contribution >= 0.6 is 11.8 Å². The van der Waals surface area contributed by atoms with E-state index in [2.05, 4.69) is 42.8 Å². The number of benzene rings is 1. The molecule has 0 spiro atoms. The predicted molar refractivity (Wildman–Crippen MR) is 64.0 cm³/mol. The van der Waals surface area contributed by atoms with E-state index in [1.165, 1.54) is 23.4 Å². The Kier molecular flexibility index (Phi) is 3.02. The van der Waals surface area contributed by atoms with Gasteiger partial charge in [-0.05, 0) is 56.2 Å². The summed E-state index contributed by atoms with van der Waals surface area (Å²) in [6, 6.07) is 9.32. The normalized spacial score (nSPS) is 17.9. The average molecular weight is 207 g/mol. The second-order valence-electron chi connectivity index (χ2n) is 4.00. The number of thioether (sulfide) groups is 1. The molecule has 1 saturated carbocycles. The maximum Gasteiger partial charge on any atom is 0.0343 e. The fraction of sp³-hybridized carbons (Fsp3) is 0.500. The first-order valence-corrected chi connectivity index (χ1v) is 6.42. The third kappa shape index (κ3) is 2.44. The van der Waals surface area contributed by atoms with Gasteiger partial charge >= 0.3 is 0 Å². The molecule has 1 aromatic carbocycles. The van der Waals surface area contributed by atoms with Crippen LogP contribution < -0.4 is 5.32 Å². The Balaban J connectivity index is 1.95. The minimum atomic E-state index is 0.634. The molecule has 2 heteroatoms. The summed E-state index contributed by atoms with van der Waals surface area (Å²) in [6.07, 6.45) is 4.91. The van der Waals surface area contributed by atoms with Crippen LogP contribution in [-0.2, 0) is 0 Å². The van der Waals surface area contributed by atoms with Crippen molar-refractivity contribution in [1.82, 2.24) is 0 Å². The van der Waals surface area contributed by atoms with Gasteiger partial charge in [0.1, 0.15) is 0 Å². The van der Waals surface area contributed by atoms with E-state index in [1.54, 1.807) is 11.8 Å². The minimum absolute atomic E-state index is 0.634. The van der Waals surface area contributed by atoms with Gasteiger partial charge in [-0.15, -0.1) is 11.8 Å². The van der Waals surface area contributed by atoms with Crippen LogP contribution in [0.15, 0.2) is 29.2 Å². The molecule has 1 unspecified atom stereocenters. The largest absolute Gasteiger partial charge is 0.382 e. The molecule has 0 saturated heterocycles. The molecular formula is C12H17NS. The Morgan fingerprint density at radius 2 is 1.93 bits per heavy atom. The lowest BCUT2D eigenvalue weighted by Crippen LogP contribution is -2.16. The van der Waals surface area contributed by atoms with Crippen molar-refractivity contribution in [2.24, 2.45) is 5.92 Å². The molecule has 0 radical (unpaired) electrons. The summed E-state index contributed by atoms with van der Waals surface area (Å²) in [6.45, 7) is 2.28. The highest BCUT2D eigenvalue weighted by molar-refractivity contribution is 7.98. The van der Waals surface area contributed by atoms with Gasteiger partial charge in [0.05, 0.1) is 0 Å². The van der Waals surface area contributed by atoms with Crippen molar-refractivity contribution >= 4 is 17.4 Å². The molecule has 0 amide bonds. The van der Waals surface area contributed by atoms with Gasteiger partial charge < -0.3 is 5.32 Å². The summed E-state index contributed by atoms with van der Waals surface area (Å²) in [5.74, 6) is 0.912. The molecular weight excluding hydrogens is 190 g/mol. The van der Waals surface area contributed by atoms with E-state index in [4.69, 9.17) is 0 Å². The van der Waals surface area contributed by atoms with Crippen LogP contribution in [0.5, 0.6) is 0 Å². The summed E-state index contributed by atoms with van der Waals surface area (Å²) >= 11 is 1.79. The van der Waals surface area contributed by atoms with Crippen LogP contribution in [0.25, 0.3) is 0 Å². The molecule has 76 valence electrons. The summed E-state index contributed by atoms with van der Waals surface area (Å²) in [7, 11) is 0. The molecule has 2 rings (SSSR count). The number of hydrogen-bond donors (Lipinski definition) is 1. The van der Waals surface area contributed by atoms with Gasteiger partial charge in [0.2, 0.25) is 0 Å². The number of anilines is 1. The van der Waals surface area contributed by atoms with E-state index < -0.39 is 0 Å². The number of hydrogen-bond acceptors (Lipinski definition) is 2. The summed E-state index contributed by atoms with van der Waals surface area (Å²) < 4.78 is 0. The molecule has 1 aliphatic carbocycles. The lowest BCUT2D eigenvalue weighted by Gasteiger charge is -2.14. The highest BCUT2D eigenvalue weighted by Gasteiger charge is 2.27. The maximum atomic E-state index is 3.55. The summed E-state index contributed by atoms with van der Waals surface area (Å²) in [5.41, 5.74) is 1.25. The smallest absolute Gasteiger partial charge is 0.0343 e. The van der Waals surface area contributed by atoms with Crippen LogP contribution in [0.4, 0.5) is 5.69 Å². The molecule has 0 bridgehead atoms. The molecule has 0 heterocycles. The zero-order chi connectivity index (χ0) is 9.97. The molecule has 0 aromatic heterocycles. The van der Waals surface area contributed by atoms with Crippen molar-refractivity contribution in [3.63, 3.8) is 0 Å². The first kappa shape index (κ1) is 9.91. The van der Waals surface area contributed by atoms with Gasteiger partial charge in [-0.3, -0.25) is 0 Å². The monoisotopic (exact) mass is 207 g/mol. The van der Waals surface area contributed by atoms with Crippen LogP contribution in [0.2, 0.25) is 0 Å². The first-order chi connectivity index (χ1) is 6.79. The molecule has 1 fully saturated rings. The molecule has 14 heavy (non-hydrogen) atoms. The minimum Gasteiger partial charge on any atom is -0.382 e. The first-order valence-electron chi connectivity index (χ1n) is 5.20. The Morgan fingerprint density at radius 3 is 2.43 bits per heavy atom. The van der Waals surface area contributed by atoms with Gasteiger partial charge in [-0.2, -0.15) is 0 Å². The lowest BCUT2D eigenvalue weighted by atomic mass is 10.2. The van der Waals surface area contributed by atoms with E-state index in [9.17, 15) is 0 Å². The molecule has 1 N–H and O–H groups in total. The van der Waals surface area contributed by atoms with Crippen molar-refractivity contribution in [1.29, 1.82) is 0 Å². The van der Waals surface area contributed by atoms with Crippen LogP contribution in [0.3, 0.4) is 0 Å². The van der Waals surface area contributed by atoms with Crippen molar-refractivity contribution < 1.29 is 0 Å². The van der Waals surface area contributed by atoms with Crippen molar-refractivity contribution in [2.45, 2.75) is 30.7 Å². The van der Waals surface area contributed by atoms with Gasteiger partial charge in [-0.1, -0.05) is 0 Å². The Labute approximate surface area is 90.3 Å². The van der Waals surface area contributed by atoms with Crippen molar-refractivity contribution in [2.75, 3.05) is 11.6 Å². The van der Waals surface area contributed by atoms with Crippen molar-refractivity contribution in [3.8, 4) is 0 Å². The molecule has 1 aliphatic rings. The highest BCUT2D eigenvalue weighted by Crippen LogP contribution is 2.34. The predicted octanol–water partition coefficient (Wildman–Crippen LogP) is 3.62. The lowest BCUT2D eigenvalue weighted by molar-refractivity contribution is 0.694. The topological polar surface area (TPSA) is 12.0 Å². The molecule has 1 nitrogen and oxygen atoms in total. The second kappa shape index (κ2) is 4.26. The Hall–Kier alpha value is -0.630. The van der Waals surface area contributed by atoms with E-state index in [-0.39, 0.29) is 0 Å². The third-order valence-corrected chi connectivity index (χ3v) is 3.56. The third-order valence-electron chi connectivity index (χ3n) is 2.81. The molecule has 1 aromatic rings. The highest BCUT2D eigenvalue weighted by atomic mass is 32.2. The van der Waals surface area contributed by atoms with E-state index in [0.29, 0.717) is 6.04 Å². The zero-order valence-corrected chi connectivity index (χ0v) is 9.60. The number of rotatable bonds is 4. The Morgan fingerprint density at radius 1 is 1.29 bits per heavy atom. The van der Waals surface area contributed by atoms with E-state index in [1.807, 2.05) is 0 Å². The summed E-state index contributed by atoms with van der Waals surface area (Å²) in [4.78, 5) is 1.33. The van der Waals surface area contributed by atoms with Crippen LogP contribution in [-0.4, -0.2) is 12.3 Å². The fourth-order valence-corrected chi connectivity index (χ4v) is 2.07. The fourth-order valence-electron chi connectivity index (χ4n) is 1.66. The van der Waals surface area contributed by atoms with Gasteiger partial charge in [0, 0.05) is 16.6 Å². The van der Waals surface area contributed by atoms with Gasteiger partial charge in [0.15, 0.2) is 0 Å². The van der Waals surface area contributed by atoms with Gasteiger partial charge in [0.25, 0.3) is 0 Å². The van der Waals surface area contributed by atoms with Gasteiger partial charge in [-0.25, -0.2) is 0 Å². The molecule has 0 aliphatic heterocycles. The average Bonchev–Trinajstić information content (AvgIpc) is 3.02. The summed E-state index contributed by atoms with van der Waals surface area (Å²) in [5, 5.41) is 3.55. The second-order valence-corrected chi connectivity index (χ2v) is 4.88. The SMILES string of the molecule is CSc1ccc(NC(C)C2CC2)cc1. The van der Waals surface area contributed by atoms with E-state index in [0.717, 1.165) is 5.92 Å². The van der Waals surface area contributed by atoms with Crippen LogP contribution in [0.1, 0.15) is 19.8 Å². The Bertz CT molecular complexity index is 290.